The van der Waals surface area contributed by atoms with Crippen molar-refractivity contribution >= 4 is 29.1 Å². The Labute approximate surface area is 97.1 Å². The van der Waals surface area contributed by atoms with E-state index in [0.717, 1.165) is 5.56 Å². The SMILES string of the molecule is CSC1=C(c2ccccc2)C(=O)N(N)C1=O. The summed E-state index contributed by atoms with van der Waals surface area (Å²) in [6, 6.07) is 9.06. The molecule has 0 saturated heterocycles. The van der Waals surface area contributed by atoms with Crippen molar-refractivity contribution < 1.29 is 9.59 Å². The van der Waals surface area contributed by atoms with Gasteiger partial charge in [-0.2, -0.15) is 0 Å². The number of hydrogen-bond acceptors (Lipinski definition) is 4. The zero-order valence-corrected chi connectivity index (χ0v) is 9.45. The summed E-state index contributed by atoms with van der Waals surface area (Å²) >= 11 is 1.24. The van der Waals surface area contributed by atoms with Gasteiger partial charge < -0.3 is 0 Å². The summed E-state index contributed by atoms with van der Waals surface area (Å²) in [6.07, 6.45) is 1.75. The van der Waals surface area contributed by atoms with Crippen molar-refractivity contribution in [1.29, 1.82) is 0 Å². The van der Waals surface area contributed by atoms with Gasteiger partial charge in [0.25, 0.3) is 11.8 Å². The van der Waals surface area contributed by atoms with Gasteiger partial charge in [-0.15, -0.1) is 11.8 Å². The Morgan fingerprint density at radius 1 is 1.12 bits per heavy atom. The van der Waals surface area contributed by atoms with E-state index in [9.17, 15) is 9.59 Å². The molecule has 16 heavy (non-hydrogen) atoms. The fraction of sp³-hybridized carbons (Fsp3) is 0.0909. The van der Waals surface area contributed by atoms with Crippen LogP contribution in [0.3, 0.4) is 0 Å². The summed E-state index contributed by atoms with van der Waals surface area (Å²) in [7, 11) is 0. The third-order valence-corrected chi connectivity index (χ3v) is 3.13. The van der Waals surface area contributed by atoms with Crippen LogP contribution in [0.25, 0.3) is 5.57 Å². The number of carbonyl (C=O) groups excluding carboxylic acids is 2. The monoisotopic (exact) mass is 234 g/mol. The second-order valence-electron chi connectivity index (χ2n) is 3.25. The highest BCUT2D eigenvalue weighted by atomic mass is 32.2. The third-order valence-electron chi connectivity index (χ3n) is 2.34. The molecular formula is C11H10N2O2S. The first-order valence-electron chi connectivity index (χ1n) is 4.64. The molecule has 0 bridgehead atoms. The van der Waals surface area contributed by atoms with Crippen LogP contribution in [0.5, 0.6) is 0 Å². The number of benzene rings is 1. The van der Waals surface area contributed by atoms with E-state index in [1.807, 2.05) is 18.2 Å². The minimum atomic E-state index is -0.444. The maximum Gasteiger partial charge on any atom is 0.282 e. The smallest absolute Gasteiger partial charge is 0.267 e. The lowest BCUT2D eigenvalue weighted by Crippen LogP contribution is -2.37. The molecule has 0 unspecified atom stereocenters. The van der Waals surface area contributed by atoms with Crippen molar-refractivity contribution in [3.63, 3.8) is 0 Å². The average molecular weight is 234 g/mol. The molecule has 0 fully saturated rings. The summed E-state index contributed by atoms with van der Waals surface area (Å²) in [5, 5.41) is 0.661. The van der Waals surface area contributed by atoms with Crippen LogP contribution >= 0.6 is 11.8 Å². The van der Waals surface area contributed by atoms with Crippen LogP contribution in [-0.4, -0.2) is 23.1 Å². The summed E-state index contributed by atoms with van der Waals surface area (Å²) in [5.74, 6) is 4.52. The summed E-state index contributed by atoms with van der Waals surface area (Å²) in [4.78, 5) is 23.8. The Morgan fingerprint density at radius 3 is 2.31 bits per heavy atom. The molecule has 1 heterocycles. The number of hydrazine groups is 1. The Kier molecular flexibility index (Phi) is 2.80. The first kappa shape index (κ1) is 10.9. The Hall–Kier alpha value is -1.59. The Bertz CT molecular complexity index is 482. The van der Waals surface area contributed by atoms with Gasteiger partial charge in [-0.3, -0.25) is 9.59 Å². The molecule has 0 aromatic heterocycles. The predicted molar refractivity (Wildman–Crippen MR) is 62.9 cm³/mol. The number of nitrogens with two attached hydrogens (primary N) is 1. The molecule has 1 aliphatic rings. The largest absolute Gasteiger partial charge is 0.282 e. The van der Waals surface area contributed by atoms with Crippen LogP contribution in [0.15, 0.2) is 35.2 Å². The summed E-state index contributed by atoms with van der Waals surface area (Å²) < 4.78 is 0. The first-order chi connectivity index (χ1) is 7.66. The van der Waals surface area contributed by atoms with E-state index in [1.165, 1.54) is 11.8 Å². The van der Waals surface area contributed by atoms with Gasteiger partial charge in [0.05, 0.1) is 10.5 Å². The van der Waals surface area contributed by atoms with Gasteiger partial charge in [0.2, 0.25) is 0 Å². The maximum atomic E-state index is 11.8. The van der Waals surface area contributed by atoms with Crippen molar-refractivity contribution in [3.8, 4) is 0 Å². The number of amides is 2. The molecule has 5 heteroatoms. The summed E-state index contributed by atoms with van der Waals surface area (Å²) in [5.41, 5.74) is 1.11. The van der Waals surface area contributed by atoms with Gasteiger partial charge in [-0.25, -0.2) is 10.9 Å². The van der Waals surface area contributed by atoms with E-state index in [-0.39, 0.29) is 0 Å². The average Bonchev–Trinajstić information content (AvgIpc) is 2.54. The molecule has 2 N–H and O–H groups in total. The number of carbonyl (C=O) groups is 2. The molecule has 1 aromatic carbocycles. The Morgan fingerprint density at radius 2 is 1.75 bits per heavy atom. The van der Waals surface area contributed by atoms with Crippen molar-refractivity contribution in [2.24, 2.45) is 5.84 Å². The van der Waals surface area contributed by atoms with Crippen LogP contribution in [0, 0.1) is 0 Å². The van der Waals surface area contributed by atoms with Crippen molar-refractivity contribution in [1.82, 2.24) is 5.01 Å². The van der Waals surface area contributed by atoms with E-state index in [1.54, 1.807) is 18.4 Å². The second-order valence-corrected chi connectivity index (χ2v) is 4.07. The highest BCUT2D eigenvalue weighted by Gasteiger charge is 2.36. The number of hydrogen-bond donors (Lipinski definition) is 1. The standard InChI is InChI=1S/C11H10N2O2S/c1-16-9-8(7-5-3-2-4-6-7)10(14)13(12)11(9)15/h2-6H,12H2,1H3. The zero-order valence-electron chi connectivity index (χ0n) is 8.64. The Balaban J connectivity index is 2.57. The lowest BCUT2D eigenvalue weighted by atomic mass is 10.1. The topological polar surface area (TPSA) is 63.4 Å². The molecule has 0 saturated carbocycles. The van der Waals surface area contributed by atoms with Gasteiger partial charge in [-0.1, -0.05) is 30.3 Å². The third kappa shape index (κ3) is 1.54. The zero-order chi connectivity index (χ0) is 11.7. The first-order valence-corrected chi connectivity index (χ1v) is 5.86. The van der Waals surface area contributed by atoms with Gasteiger partial charge in [-0.05, 0) is 11.8 Å². The molecular weight excluding hydrogens is 224 g/mol. The molecule has 82 valence electrons. The normalized spacial score (nSPS) is 16.2. The van der Waals surface area contributed by atoms with E-state index >= 15 is 0 Å². The van der Waals surface area contributed by atoms with E-state index in [0.29, 0.717) is 15.5 Å². The predicted octanol–water partition coefficient (Wildman–Crippen LogP) is 1.00. The van der Waals surface area contributed by atoms with Crippen LogP contribution in [0.4, 0.5) is 0 Å². The molecule has 0 radical (unpaired) electrons. The quantitative estimate of drug-likeness (QED) is 0.471. The number of rotatable bonds is 2. The number of imide groups is 1. The van der Waals surface area contributed by atoms with Gasteiger partial charge in [0.1, 0.15) is 0 Å². The molecule has 0 atom stereocenters. The van der Waals surface area contributed by atoms with Crippen LogP contribution in [-0.2, 0) is 9.59 Å². The van der Waals surface area contributed by atoms with Gasteiger partial charge >= 0.3 is 0 Å². The van der Waals surface area contributed by atoms with E-state index < -0.39 is 11.8 Å². The highest BCUT2D eigenvalue weighted by Crippen LogP contribution is 2.32. The van der Waals surface area contributed by atoms with Gasteiger partial charge in [0.15, 0.2) is 0 Å². The van der Waals surface area contributed by atoms with Crippen molar-refractivity contribution in [3.05, 3.63) is 40.8 Å². The van der Waals surface area contributed by atoms with E-state index in [4.69, 9.17) is 5.84 Å². The molecule has 4 nitrogen and oxygen atoms in total. The maximum absolute atomic E-state index is 11.8. The number of nitrogens with zero attached hydrogens (tertiary/aromatic N) is 1. The second kappa shape index (κ2) is 4.11. The molecule has 0 spiro atoms. The molecule has 2 rings (SSSR count). The van der Waals surface area contributed by atoms with Crippen molar-refractivity contribution in [2.45, 2.75) is 0 Å². The van der Waals surface area contributed by atoms with Crippen LogP contribution < -0.4 is 5.84 Å². The lowest BCUT2D eigenvalue weighted by Gasteiger charge is -2.05. The lowest BCUT2D eigenvalue weighted by molar-refractivity contribution is -0.136. The molecule has 0 aliphatic carbocycles. The fourth-order valence-electron chi connectivity index (χ4n) is 1.57. The molecule has 1 aliphatic heterocycles. The van der Waals surface area contributed by atoms with E-state index in [2.05, 4.69) is 0 Å². The van der Waals surface area contributed by atoms with Crippen LogP contribution in [0.2, 0.25) is 0 Å². The van der Waals surface area contributed by atoms with Gasteiger partial charge in [0, 0.05) is 0 Å². The molecule has 1 aromatic rings. The van der Waals surface area contributed by atoms with Crippen molar-refractivity contribution in [2.75, 3.05) is 6.26 Å². The molecule has 2 amide bonds. The fourth-order valence-corrected chi connectivity index (χ4v) is 2.26. The van der Waals surface area contributed by atoms with Crippen LogP contribution in [0.1, 0.15) is 5.56 Å². The number of thioether (sulfide) groups is 1. The minimum Gasteiger partial charge on any atom is -0.267 e. The summed E-state index contributed by atoms with van der Waals surface area (Å²) in [6.45, 7) is 0. The minimum absolute atomic E-state index is 0.389. The highest BCUT2D eigenvalue weighted by molar-refractivity contribution is 8.03.